The number of carbonyl (C=O) groups is 2. The fourth-order valence-electron chi connectivity index (χ4n) is 3.87. The second-order valence-electron chi connectivity index (χ2n) is 8.32. The van der Waals surface area contributed by atoms with Crippen LogP contribution in [0.1, 0.15) is 21.5 Å². The lowest BCUT2D eigenvalue weighted by molar-refractivity contribution is 0.0796. The van der Waals surface area contributed by atoms with Gasteiger partial charge in [0.15, 0.2) is 5.88 Å². The van der Waals surface area contributed by atoms with Crippen molar-refractivity contribution in [1.82, 2.24) is 15.2 Å². The van der Waals surface area contributed by atoms with E-state index < -0.39 is 6.16 Å². The lowest BCUT2D eigenvalue weighted by atomic mass is 10.0. The van der Waals surface area contributed by atoms with Crippen LogP contribution in [0.5, 0.6) is 11.6 Å². The highest BCUT2D eigenvalue weighted by Crippen LogP contribution is 2.33. The number of nitrogens with one attached hydrogen (secondary N) is 2. The molecule has 1 amide bonds. The predicted molar refractivity (Wildman–Crippen MR) is 142 cm³/mol. The van der Waals surface area contributed by atoms with E-state index in [-0.39, 0.29) is 17.5 Å². The molecule has 190 valence electrons. The number of nitrogens with zero attached hydrogens (tertiary/aromatic N) is 2. The third kappa shape index (κ3) is 5.79. The molecule has 0 bridgehead atoms. The summed E-state index contributed by atoms with van der Waals surface area (Å²) in [5.41, 5.74) is 3.57. The van der Waals surface area contributed by atoms with Crippen LogP contribution in [-0.2, 0) is 4.74 Å². The van der Waals surface area contributed by atoms with Crippen molar-refractivity contribution in [1.29, 1.82) is 0 Å². The number of ether oxygens (including phenoxy) is 2. The van der Waals surface area contributed by atoms with Crippen LogP contribution in [0.2, 0.25) is 0 Å². The summed E-state index contributed by atoms with van der Waals surface area (Å²) < 4.78 is 9.65. The summed E-state index contributed by atoms with van der Waals surface area (Å²) in [4.78, 5) is 33.6. The molecule has 0 atom stereocenters. The summed E-state index contributed by atoms with van der Waals surface area (Å²) in [5, 5.41) is 14.6. The van der Waals surface area contributed by atoms with Crippen molar-refractivity contribution in [3.63, 3.8) is 0 Å². The Morgan fingerprint density at radius 2 is 1.76 bits per heavy atom. The van der Waals surface area contributed by atoms with Crippen molar-refractivity contribution in [2.24, 2.45) is 4.99 Å². The van der Waals surface area contributed by atoms with Gasteiger partial charge in [-0.25, -0.2) is 9.79 Å². The first kappa shape index (κ1) is 25.5. The smallest absolute Gasteiger partial charge is 0.494 e. The number of aromatic amines is 1. The van der Waals surface area contributed by atoms with E-state index in [0.29, 0.717) is 46.5 Å². The van der Waals surface area contributed by atoms with Crippen LogP contribution in [0.3, 0.4) is 0 Å². The highest BCUT2D eigenvalue weighted by atomic mass is 16.7. The van der Waals surface area contributed by atoms with Crippen LogP contribution < -0.4 is 10.1 Å². The second kappa shape index (κ2) is 11.4. The number of rotatable bonds is 8. The number of benzene rings is 3. The van der Waals surface area contributed by atoms with Gasteiger partial charge >= 0.3 is 6.16 Å². The normalized spacial score (nSPS) is 11.4. The fraction of sp³-hybridized carbons (Fsp3) is 0.179. The molecule has 1 heterocycles. The monoisotopic (exact) mass is 500 g/mol. The van der Waals surface area contributed by atoms with E-state index in [1.807, 2.05) is 37.4 Å². The van der Waals surface area contributed by atoms with Gasteiger partial charge < -0.3 is 29.8 Å². The van der Waals surface area contributed by atoms with Gasteiger partial charge in [-0.2, -0.15) is 0 Å². The second-order valence-corrected chi connectivity index (χ2v) is 8.32. The summed E-state index contributed by atoms with van der Waals surface area (Å²) in [7, 11) is 4.84. The molecule has 3 N–H and O–H groups in total. The molecule has 0 aliphatic heterocycles. The molecule has 4 aromatic rings. The molecule has 1 aromatic heterocycles. The molecule has 9 nitrogen and oxygen atoms in total. The zero-order chi connectivity index (χ0) is 26.4. The minimum Gasteiger partial charge on any atom is -0.494 e. The first-order chi connectivity index (χ1) is 17.9. The number of hydrogen-bond acceptors (Lipinski definition) is 7. The van der Waals surface area contributed by atoms with E-state index in [2.05, 4.69) is 15.0 Å². The molecule has 3 aromatic carbocycles. The van der Waals surface area contributed by atoms with Crippen molar-refractivity contribution >= 4 is 34.4 Å². The molecular formula is C28H28N4O5. The van der Waals surface area contributed by atoms with Crippen molar-refractivity contribution in [2.75, 3.05) is 34.3 Å². The van der Waals surface area contributed by atoms with Gasteiger partial charge in [-0.05, 0) is 43.4 Å². The summed E-state index contributed by atoms with van der Waals surface area (Å²) in [6.07, 6.45) is -0.836. The minimum atomic E-state index is -0.836. The quantitative estimate of drug-likeness (QED) is 0.187. The third-order valence-corrected chi connectivity index (χ3v) is 5.80. The van der Waals surface area contributed by atoms with Crippen molar-refractivity contribution < 1.29 is 24.2 Å². The number of H-pyrrole nitrogens is 1. The van der Waals surface area contributed by atoms with Gasteiger partial charge in [0.2, 0.25) is 0 Å². The molecule has 0 aliphatic carbocycles. The maximum absolute atomic E-state index is 12.7. The lowest BCUT2D eigenvalue weighted by Crippen LogP contribution is -2.32. The van der Waals surface area contributed by atoms with E-state index in [9.17, 15) is 14.7 Å². The van der Waals surface area contributed by atoms with Gasteiger partial charge in [-0.3, -0.25) is 4.79 Å². The Morgan fingerprint density at radius 3 is 2.43 bits per heavy atom. The van der Waals surface area contributed by atoms with Crippen LogP contribution in [0.4, 0.5) is 10.5 Å². The first-order valence-electron chi connectivity index (χ1n) is 11.7. The maximum Gasteiger partial charge on any atom is 0.513 e. The highest BCUT2D eigenvalue weighted by molar-refractivity contribution is 6.22. The maximum atomic E-state index is 12.7. The minimum absolute atomic E-state index is 0.0756. The van der Waals surface area contributed by atoms with E-state index in [1.54, 1.807) is 54.4 Å². The average molecular weight is 501 g/mol. The Balaban J connectivity index is 1.73. The van der Waals surface area contributed by atoms with E-state index in [1.165, 1.54) is 7.11 Å². The Morgan fingerprint density at radius 1 is 1.03 bits per heavy atom. The molecule has 0 fully saturated rings. The third-order valence-electron chi connectivity index (χ3n) is 5.80. The zero-order valence-electron chi connectivity index (χ0n) is 20.8. The number of methoxy groups -OCH3 is 1. The van der Waals surface area contributed by atoms with Crippen LogP contribution >= 0.6 is 0 Å². The van der Waals surface area contributed by atoms with Crippen LogP contribution in [0.15, 0.2) is 77.8 Å². The SMILES string of the molecule is CNCCN(C)C(=O)c1ccc(N=C(c2ccccc2)c2c(O)[nH]c3cc(OC(=O)OC)ccc23)cc1. The predicted octanol–water partition coefficient (Wildman–Crippen LogP) is 4.48. The van der Waals surface area contributed by atoms with Crippen molar-refractivity contribution in [3.8, 4) is 11.6 Å². The number of fused-ring (bicyclic) bond motifs is 1. The molecule has 0 aliphatic rings. The first-order valence-corrected chi connectivity index (χ1v) is 11.7. The number of hydrogen-bond donors (Lipinski definition) is 3. The average Bonchev–Trinajstić information content (AvgIpc) is 3.25. The highest BCUT2D eigenvalue weighted by Gasteiger charge is 2.20. The van der Waals surface area contributed by atoms with Crippen LogP contribution in [0, 0.1) is 0 Å². The largest absolute Gasteiger partial charge is 0.513 e. The number of carbonyl (C=O) groups excluding carboxylic acids is 2. The van der Waals surface area contributed by atoms with Gasteiger partial charge in [-0.1, -0.05) is 30.3 Å². The number of likely N-dealkylation sites (N-methyl/N-ethyl adjacent to an activating group) is 2. The van der Waals surface area contributed by atoms with Gasteiger partial charge in [0.05, 0.1) is 29.6 Å². The Kier molecular flexibility index (Phi) is 7.85. The van der Waals surface area contributed by atoms with Gasteiger partial charge in [-0.15, -0.1) is 0 Å². The van der Waals surface area contributed by atoms with E-state index in [4.69, 9.17) is 9.73 Å². The van der Waals surface area contributed by atoms with Crippen molar-refractivity contribution in [2.45, 2.75) is 0 Å². The topological polar surface area (TPSA) is 116 Å². The Bertz CT molecular complexity index is 1430. The number of amides is 1. The molecule has 0 unspecified atom stereocenters. The Labute approximate surface area is 214 Å². The van der Waals surface area contributed by atoms with E-state index in [0.717, 1.165) is 5.56 Å². The molecule has 0 radical (unpaired) electrons. The summed E-state index contributed by atoms with van der Waals surface area (Å²) >= 11 is 0. The molecule has 0 saturated carbocycles. The number of aromatic hydroxyl groups is 1. The van der Waals surface area contributed by atoms with Gasteiger partial charge in [0.1, 0.15) is 5.75 Å². The standard InChI is InChI=1S/C28H28N4O5/c1-29-15-16-32(2)27(34)19-9-11-20(12-10-19)30-25(18-7-5-4-6-8-18)24-22-14-13-21(37-28(35)36-3)17-23(22)31-26(24)33/h4-14,17,29,31,33H,15-16H2,1-3H3. The van der Waals surface area contributed by atoms with Gasteiger partial charge in [0, 0.05) is 42.7 Å². The van der Waals surface area contributed by atoms with Crippen LogP contribution in [-0.4, -0.2) is 67.1 Å². The Hall–Kier alpha value is -4.63. The van der Waals surface area contributed by atoms with Crippen LogP contribution in [0.25, 0.3) is 10.9 Å². The number of aromatic nitrogens is 1. The molecule has 0 spiro atoms. The molecule has 9 heteroatoms. The lowest BCUT2D eigenvalue weighted by Gasteiger charge is -2.17. The van der Waals surface area contributed by atoms with Crippen molar-refractivity contribution in [3.05, 3.63) is 89.5 Å². The molecule has 4 rings (SSSR count). The van der Waals surface area contributed by atoms with Gasteiger partial charge in [0.25, 0.3) is 5.91 Å². The summed E-state index contributed by atoms with van der Waals surface area (Å²) in [5.74, 6) is 0.115. The fourth-order valence-corrected chi connectivity index (χ4v) is 3.87. The molecular weight excluding hydrogens is 472 g/mol. The number of aliphatic imine (C=N–C) groups is 1. The van der Waals surface area contributed by atoms with E-state index >= 15 is 0 Å². The molecule has 0 saturated heterocycles. The zero-order valence-corrected chi connectivity index (χ0v) is 20.8. The summed E-state index contributed by atoms with van der Waals surface area (Å²) in [6, 6.07) is 21.5. The molecule has 37 heavy (non-hydrogen) atoms. The summed E-state index contributed by atoms with van der Waals surface area (Å²) in [6.45, 7) is 1.30.